The van der Waals surface area contributed by atoms with Gasteiger partial charge in [0, 0.05) is 38.8 Å². The maximum Gasteiger partial charge on any atom is 0.230 e. The smallest absolute Gasteiger partial charge is 0.230 e. The third kappa shape index (κ3) is 3.67. The highest BCUT2D eigenvalue weighted by Crippen LogP contribution is 2.44. The van der Waals surface area contributed by atoms with Gasteiger partial charge in [0.2, 0.25) is 5.91 Å². The maximum atomic E-state index is 12.4. The van der Waals surface area contributed by atoms with Crippen LogP contribution in [0.1, 0.15) is 38.9 Å². The number of hydrogen-bond acceptors (Lipinski definition) is 4. The van der Waals surface area contributed by atoms with Crippen molar-refractivity contribution in [1.29, 1.82) is 0 Å². The average molecular weight is 334 g/mol. The lowest BCUT2D eigenvalue weighted by Crippen LogP contribution is -2.45. The topological polar surface area (TPSA) is 45.9 Å². The van der Waals surface area contributed by atoms with Gasteiger partial charge < -0.3 is 14.1 Å². The van der Waals surface area contributed by atoms with Crippen LogP contribution in [0.5, 0.6) is 0 Å². The second-order valence-electron chi connectivity index (χ2n) is 7.72. The van der Waals surface area contributed by atoms with Crippen molar-refractivity contribution in [2.24, 2.45) is 5.41 Å². The highest BCUT2D eigenvalue weighted by molar-refractivity contribution is 5.78. The normalized spacial score (nSPS) is 24.2. The first-order valence-electron chi connectivity index (χ1n) is 9.08. The number of likely N-dealkylation sites (tertiary alicyclic amines) is 2. The summed E-state index contributed by atoms with van der Waals surface area (Å²) in [5.74, 6) is 0.944. The summed E-state index contributed by atoms with van der Waals surface area (Å²) >= 11 is 0. The molecule has 0 saturated carbocycles. The van der Waals surface area contributed by atoms with Gasteiger partial charge in [-0.25, -0.2) is 0 Å². The Hall–Kier alpha value is -1.33. The number of carbonyl (C=O) groups excluding carboxylic acids is 1. The van der Waals surface area contributed by atoms with Crippen molar-refractivity contribution in [2.45, 2.75) is 51.6 Å². The van der Waals surface area contributed by atoms with Crippen LogP contribution in [0, 0.1) is 5.41 Å². The van der Waals surface area contributed by atoms with Crippen LogP contribution >= 0.6 is 0 Å². The van der Waals surface area contributed by atoms with Gasteiger partial charge in [0.05, 0.1) is 19.3 Å². The van der Waals surface area contributed by atoms with E-state index in [0.717, 1.165) is 44.8 Å². The summed E-state index contributed by atoms with van der Waals surface area (Å²) in [5, 5.41) is 0. The molecule has 5 nitrogen and oxygen atoms in total. The fourth-order valence-corrected chi connectivity index (χ4v) is 4.42. The average Bonchev–Trinajstić information content (AvgIpc) is 3.17. The van der Waals surface area contributed by atoms with E-state index in [1.807, 2.05) is 17.0 Å². The minimum atomic E-state index is 0.187. The van der Waals surface area contributed by atoms with Crippen molar-refractivity contribution >= 4 is 5.91 Å². The van der Waals surface area contributed by atoms with Crippen LogP contribution in [0.2, 0.25) is 0 Å². The molecule has 2 saturated heterocycles. The highest BCUT2D eigenvalue weighted by Gasteiger charge is 2.46. The summed E-state index contributed by atoms with van der Waals surface area (Å²) in [7, 11) is 1.79. The Kier molecular flexibility index (Phi) is 5.30. The lowest BCUT2D eigenvalue weighted by atomic mass is 9.76. The summed E-state index contributed by atoms with van der Waals surface area (Å²) in [6.07, 6.45) is 5.40. The Morgan fingerprint density at radius 3 is 2.75 bits per heavy atom. The van der Waals surface area contributed by atoms with Crippen molar-refractivity contribution in [1.82, 2.24) is 9.80 Å². The van der Waals surface area contributed by atoms with Crippen LogP contribution in [0.25, 0.3) is 0 Å². The molecule has 0 unspecified atom stereocenters. The van der Waals surface area contributed by atoms with Crippen molar-refractivity contribution in [3.8, 4) is 0 Å². The van der Waals surface area contributed by atoms with Crippen molar-refractivity contribution in [3.05, 3.63) is 24.2 Å². The van der Waals surface area contributed by atoms with Crippen LogP contribution in [-0.4, -0.2) is 61.1 Å². The van der Waals surface area contributed by atoms with Gasteiger partial charge in [-0.3, -0.25) is 9.69 Å². The fraction of sp³-hybridized carbons (Fsp3) is 0.737. The van der Waals surface area contributed by atoms with E-state index in [-0.39, 0.29) is 5.91 Å². The van der Waals surface area contributed by atoms with E-state index < -0.39 is 0 Å². The summed E-state index contributed by atoms with van der Waals surface area (Å²) in [5.41, 5.74) is 0.356. The molecular formula is C19H30N2O3. The SMILES string of the molecule is COC[C@@H]1CC2(CCN(C(=O)Cc3ccco3)CC2)CN1C(C)C. The van der Waals surface area contributed by atoms with E-state index in [1.165, 1.54) is 6.42 Å². The molecule has 3 heterocycles. The van der Waals surface area contributed by atoms with E-state index in [2.05, 4.69) is 18.7 Å². The van der Waals surface area contributed by atoms with E-state index in [9.17, 15) is 4.79 Å². The van der Waals surface area contributed by atoms with Gasteiger partial charge >= 0.3 is 0 Å². The number of methoxy groups -OCH3 is 1. The highest BCUT2D eigenvalue weighted by atomic mass is 16.5. The van der Waals surface area contributed by atoms with Gasteiger partial charge in [0.15, 0.2) is 0 Å². The number of amides is 1. The maximum absolute atomic E-state index is 12.4. The van der Waals surface area contributed by atoms with Crippen LogP contribution in [0.15, 0.2) is 22.8 Å². The third-order valence-electron chi connectivity index (χ3n) is 5.76. The predicted molar refractivity (Wildman–Crippen MR) is 92.8 cm³/mol. The minimum absolute atomic E-state index is 0.187. The number of hydrogen-bond donors (Lipinski definition) is 0. The quantitative estimate of drug-likeness (QED) is 0.830. The molecular weight excluding hydrogens is 304 g/mol. The van der Waals surface area contributed by atoms with E-state index in [0.29, 0.717) is 23.9 Å². The molecule has 2 fully saturated rings. The first-order chi connectivity index (χ1) is 11.5. The summed E-state index contributed by atoms with van der Waals surface area (Å²) in [6, 6.07) is 4.77. The molecule has 1 atom stereocenters. The molecule has 1 aromatic heterocycles. The lowest BCUT2D eigenvalue weighted by molar-refractivity contribution is -0.133. The first-order valence-corrected chi connectivity index (χ1v) is 9.08. The fourth-order valence-electron chi connectivity index (χ4n) is 4.42. The van der Waals surface area contributed by atoms with Crippen LogP contribution in [-0.2, 0) is 16.0 Å². The summed E-state index contributed by atoms with van der Waals surface area (Å²) < 4.78 is 10.7. The molecule has 1 spiro atoms. The second-order valence-corrected chi connectivity index (χ2v) is 7.72. The Morgan fingerprint density at radius 2 is 2.17 bits per heavy atom. The van der Waals surface area contributed by atoms with Crippen LogP contribution in [0.4, 0.5) is 0 Å². The Labute approximate surface area is 144 Å². The molecule has 24 heavy (non-hydrogen) atoms. The number of carbonyl (C=O) groups is 1. The number of ether oxygens (including phenoxy) is 1. The third-order valence-corrected chi connectivity index (χ3v) is 5.76. The number of nitrogens with zero attached hydrogens (tertiary/aromatic N) is 2. The Morgan fingerprint density at radius 1 is 1.42 bits per heavy atom. The van der Waals surface area contributed by atoms with E-state index in [4.69, 9.17) is 9.15 Å². The first kappa shape index (κ1) is 17.5. The van der Waals surface area contributed by atoms with Crippen LogP contribution < -0.4 is 0 Å². The number of piperidine rings is 1. The number of furan rings is 1. The standard InChI is InChI=1S/C19H30N2O3/c1-15(2)21-14-19(12-16(21)13-23-3)6-8-20(9-7-19)18(22)11-17-5-4-10-24-17/h4-5,10,15-16H,6-9,11-14H2,1-3H3/t16-/m0/s1. The van der Waals surface area contributed by atoms with Gasteiger partial charge in [0.25, 0.3) is 0 Å². The van der Waals surface area contributed by atoms with Crippen molar-refractivity contribution in [2.75, 3.05) is 33.4 Å². The van der Waals surface area contributed by atoms with Crippen molar-refractivity contribution in [3.63, 3.8) is 0 Å². The van der Waals surface area contributed by atoms with E-state index in [1.54, 1.807) is 13.4 Å². The monoisotopic (exact) mass is 334 g/mol. The van der Waals surface area contributed by atoms with Gasteiger partial charge in [-0.1, -0.05) is 0 Å². The molecule has 1 aromatic rings. The Balaban J connectivity index is 1.57. The zero-order valence-corrected chi connectivity index (χ0v) is 15.2. The van der Waals surface area contributed by atoms with Gasteiger partial charge in [0.1, 0.15) is 5.76 Å². The molecule has 2 aliphatic rings. The molecule has 3 rings (SSSR count). The van der Waals surface area contributed by atoms with Gasteiger partial charge in [-0.05, 0) is 50.7 Å². The molecule has 0 aliphatic carbocycles. The molecule has 0 bridgehead atoms. The molecule has 0 N–H and O–H groups in total. The number of rotatable bonds is 5. The summed E-state index contributed by atoms with van der Waals surface area (Å²) in [6.45, 7) is 8.21. The summed E-state index contributed by atoms with van der Waals surface area (Å²) in [4.78, 5) is 17.0. The molecule has 0 radical (unpaired) electrons. The zero-order chi connectivity index (χ0) is 17.2. The molecule has 5 heteroatoms. The zero-order valence-electron chi connectivity index (χ0n) is 15.2. The van der Waals surface area contributed by atoms with Crippen LogP contribution in [0.3, 0.4) is 0 Å². The molecule has 134 valence electrons. The van der Waals surface area contributed by atoms with Gasteiger partial charge in [-0.2, -0.15) is 0 Å². The Bertz CT molecular complexity index is 533. The molecule has 2 aliphatic heterocycles. The lowest BCUT2D eigenvalue weighted by Gasteiger charge is -2.39. The predicted octanol–water partition coefficient (Wildman–Crippen LogP) is 2.56. The minimum Gasteiger partial charge on any atom is -0.469 e. The van der Waals surface area contributed by atoms with Gasteiger partial charge in [-0.15, -0.1) is 0 Å². The molecule has 1 amide bonds. The van der Waals surface area contributed by atoms with Crippen molar-refractivity contribution < 1.29 is 13.9 Å². The van der Waals surface area contributed by atoms with E-state index >= 15 is 0 Å². The second kappa shape index (κ2) is 7.28. The molecule has 0 aromatic carbocycles. The largest absolute Gasteiger partial charge is 0.469 e.